The first-order chi connectivity index (χ1) is 10.4. The standard InChI is InChI=1S/C18H19N3/c1-2-20-18(15-9-11-19-12-10-15)13-16-8-7-14-5-3-4-6-17(14)21-16/h3-12,18,20H,2,13H2,1H3. The van der Waals surface area contributed by atoms with Gasteiger partial charge in [-0.3, -0.25) is 9.97 Å². The second-order valence-electron chi connectivity index (χ2n) is 5.09. The molecule has 0 bridgehead atoms. The Morgan fingerprint density at radius 2 is 1.81 bits per heavy atom. The molecule has 0 radical (unpaired) electrons. The van der Waals surface area contributed by atoms with E-state index in [1.807, 2.05) is 24.5 Å². The van der Waals surface area contributed by atoms with Gasteiger partial charge in [-0.15, -0.1) is 0 Å². The third-order valence-corrected chi connectivity index (χ3v) is 3.63. The van der Waals surface area contributed by atoms with Gasteiger partial charge in [-0.1, -0.05) is 31.2 Å². The van der Waals surface area contributed by atoms with Gasteiger partial charge < -0.3 is 5.32 Å². The SMILES string of the molecule is CCNC(Cc1ccc2ccccc2n1)c1ccncc1. The van der Waals surface area contributed by atoms with Gasteiger partial charge in [-0.25, -0.2) is 0 Å². The summed E-state index contributed by atoms with van der Waals surface area (Å²) < 4.78 is 0. The average Bonchev–Trinajstić information content (AvgIpc) is 2.55. The molecule has 3 aromatic rings. The van der Waals surface area contributed by atoms with Crippen molar-refractivity contribution in [1.82, 2.24) is 15.3 Å². The first-order valence-electron chi connectivity index (χ1n) is 7.35. The molecule has 106 valence electrons. The monoisotopic (exact) mass is 277 g/mol. The normalized spacial score (nSPS) is 12.4. The van der Waals surface area contributed by atoms with Crippen LogP contribution in [0.5, 0.6) is 0 Å². The van der Waals surface area contributed by atoms with E-state index < -0.39 is 0 Å². The lowest BCUT2D eigenvalue weighted by molar-refractivity contribution is 0.544. The van der Waals surface area contributed by atoms with E-state index >= 15 is 0 Å². The van der Waals surface area contributed by atoms with Gasteiger partial charge in [-0.05, 0) is 36.4 Å². The number of hydrogen-bond donors (Lipinski definition) is 1. The largest absolute Gasteiger partial charge is 0.310 e. The number of fused-ring (bicyclic) bond motifs is 1. The molecule has 2 heterocycles. The maximum absolute atomic E-state index is 4.77. The summed E-state index contributed by atoms with van der Waals surface area (Å²) in [4.78, 5) is 8.86. The maximum atomic E-state index is 4.77. The van der Waals surface area contributed by atoms with Crippen LogP contribution in [0, 0.1) is 0 Å². The fourth-order valence-electron chi connectivity index (χ4n) is 2.58. The number of likely N-dealkylation sites (N-methyl/N-ethyl adjacent to an activating group) is 1. The van der Waals surface area contributed by atoms with Crippen LogP contribution in [0.2, 0.25) is 0 Å². The lowest BCUT2D eigenvalue weighted by Gasteiger charge is -2.18. The molecule has 2 aromatic heterocycles. The molecule has 0 saturated heterocycles. The van der Waals surface area contributed by atoms with Crippen molar-refractivity contribution in [2.75, 3.05) is 6.54 Å². The number of pyridine rings is 2. The predicted molar refractivity (Wildman–Crippen MR) is 86.1 cm³/mol. The summed E-state index contributed by atoms with van der Waals surface area (Å²) in [6.45, 7) is 3.06. The molecule has 1 unspecified atom stereocenters. The first kappa shape index (κ1) is 13.7. The van der Waals surface area contributed by atoms with Gasteiger partial charge in [0.1, 0.15) is 0 Å². The molecule has 1 aromatic carbocycles. The topological polar surface area (TPSA) is 37.8 Å². The zero-order chi connectivity index (χ0) is 14.5. The Labute approximate surface area is 125 Å². The molecule has 0 amide bonds. The molecule has 3 rings (SSSR count). The van der Waals surface area contributed by atoms with Crippen molar-refractivity contribution in [3.63, 3.8) is 0 Å². The Morgan fingerprint density at radius 1 is 1.00 bits per heavy atom. The van der Waals surface area contributed by atoms with Gasteiger partial charge in [-0.2, -0.15) is 0 Å². The molecule has 1 atom stereocenters. The van der Waals surface area contributed by atoms with E-state index in [9.17, 15) is 0 Å². The van der Waals surface area contributed by atoms with E-state index in [-0.39, 0.29) is 6.04 Å². The Bertz CT molecular complexity index is 710. The number of benzene rings is 1. The van der Waals surface area contributed by atoms with E-state index in [4.69, 9.17) is 4.98 Å². The fourth-order valence-corrected chi connectivity index (χ4v) is 2.58. The van der Waals surface area contributed by atoms with Crippen molar-refractivity contribution < 1.29 is 0 Å². The average molecular weight is 277 g/mol. The summed E-state index contributed by atoms with van der Waals surface area (Å²) in [7, 11) is 0. The second-order valence-corrected chi connectivity index (χ2v) is 5.09. The number of hydrogen-bond acceptors (Lipinski definition) is 3. The number of nitrogens with zero attached hydrogens (tertiary/aromatic N) is 2. The van der Waals surface area contributed by atoms with Crippen LogP contribution >= 0.6 is 0 Å². The Balaban J connectivity index is 1.87. The molecule has 1 N–H and O–H groups in total. The van der Waals surface area contributed by atoms with Crippen LogP contribution in [0.25, 0.3) is 10.9 Å². The zero-order valence-corrected chi connectivity index (χ0v) is 12.2. The van der Waals surface area contributed by atoms with Crippen LogP contribution in [-0.2, 0) is 6.42 Å². The minimum Gasteiger partial charge on any atom is -0.310 e. The van der Waals surface area contributed by atoms with Crippen molar-refractivity contribution in [2.24, 2.45) is 0 Å². The van der Waals surface area contributed by atoms with Crippen molar-refractivity contribution in [3.05, 3.63) is 72.2 Å². The predicted octanol–water partition coefficient (Wildman–Crippen LogP) is 3.52. The third-order valence-electron chi connectivity index (χ3n) is 3.63. The number of para-hydroxylation sites is 1. The second kappa shape index (κ2) is 6.46. The maximum Gasteiger partial charge on any atom is 0.0705 e. The molecule has 21 heavy (non-hydrogen) atoms. The van der Waals surface area contributed by atoms with Crippen LogP contribution in [0.1, 0.15) is 24.2 Å². The summed E-state index contributed by atoms with van der Waals surface area (Å²) in [5.74, 6) is 0. The van der Waals surface area contributed by atoms with Gasteiger partial charge >= 0.3 is 0 Å². The summed E-state index contributed by atoms with van der Waals surface area (Å²) in [5.41, 5.74) is 3.42. The quantitative estimate of drug-likeness (QED) is 0.775. The van der Waals surface area contributed by atoms with E-state index in [2.05, 4.69) is 53.6 Å². The van der Waals surface area contributed by atoms with Gasteiger partial charge in [0.25, 0.3) is 0 Å². The number of rotatable bonds is 5. The highest BCUT2D eigenvalue weighted by atomic mass is 14.9. The highest BCUT2D eigenvalue weighted by molar-refractivity contribution is 5.78. The summed E-state index contributed by atoms with van der Waals surface area (Å²) in [6, 6.07) is 16.9. The van der Waals surface area contributed by atoms with E-state index in [0.717, 1.165) is 24.2 Å². The van der Waals surface area contributed by atoms with Crippen molar-refractivity contribution >= 4 is 10.9 Å². The molecule has 3 heteroatoms. The van der Waals surface area contributed by atoms with Gasteiger partial charge in [0, 0.05) is 35.9 Å². The van der Waals surface area contributed by atoms with Gasteiger partial charge in [0.2, 0.25) is 0 Å². The number of nitrogens with one attached hydrogen (secondary N) is 1. The molecule has 0 aliphatic rings. The molecular weight excluding hydrogens is 258 g/mol. The molecule has 0 saturated carbocycles. The number of aromatic nitrogens is 2. The summed E-state index contributed by atoms with van der Waals surface area (Å²) in [6.07, 6.45) is 4.56. The lowest BCUT2D eigenvalue weighted by atomic mass is 10.0. The van der Waals surface area contributed by atoms with Gasteiger partial charge in [0.05, 0.1) is 5.52 Å². The van der Waals surface area contributed by atoms with Crippen LogP contribution in [0.15, 0.2) is 60.9 Å². The van der Waals surface area contributed by atoms with Crippen molar-refractivity contribution in [1.29, 1.82) is 0 Å². The van der Waals surface area contributed by atoms with Crippen LogP contribution in [-0.4, -0.2) is 16.5 Å². The van der Waals surface area contributed by atoms with E-state index in [0.29, 0.717) is 0 Å². The lowest BCUT2D eigenvalue weighted by Crippen LogP contribution is -2.23. The first-order valence-corrected chi connectivity index (χ1v) is 7.35. The highest BCUT2D eigenvalue weighted by Crippen LogP contribution is 2.19. The van der Waals surface area contributed by atoms with Crippen LogP contribution < -0.4 is 5.32 Å². The molecule has 0 aliphatic heterocycles. The summed E-state index contributed by atoms with van der Waals surface area (Å²) >= 11 is 0. The molecule has 0 fully saturated rings. The minimum atomic E-state index is 0.270. The smallest absolute Gasteiger partial charge is 0.0705 e. The third kappa shape index (κ3) is 3.26. The highest BCUT2D eigenvalue weighted by Gasteiger charge is 2.12. The van der Waals surface area contributed by atoms with Crippen LogP contribution in [0.3, 0.4) is 0 Å². The van der Waals surface area contributed by atoms with E-state index in [1.54, 1.807) is 0 Å². The molecular formula is C18H19N3. The summed E-state index contributed by atoms with van der Waals surface area (Å²) in [5, 5.41) is 4.71. The Morgan fingerprint density at radius 3 is 2.62 bits per heavy atom. The minimum absolute atomic E-state index is 0.270. The van der Waals surface area contributed by atoms with Crippen LogP contribution in [0.4, 0.5) is 0 Å². The molecule has 0 spiro atoms. The zero-order valence-electron chi connectivity index (χ0n) is 12.2. The van der Waals surface area contributed by atoms with Crippen molar-refractivity contribution in [3.8, 4) is 0 Å². The molecule has 0 aliphatic carbocycles. The Kier molecular flexibility index (Phi) is 4.22. The fraction of sp³-hybridized carbons (Fsp3) is 0.222. The molecule has 3 nitrogen and oxygen atoms in total. The van der Waals surface area contributed by atoms with E-state index in [1.165, 1.54) is 10.9 Å². The van der Waals surface area contributed by atoms with Crippen molar-refractivity contribution in [2.45, 2.75) is 19.4 Å². The Hall–Kier alpha value is -2.26. The van der Waals surface area contributed by atoms with Gasteiger partial charge in [0.15, 0.2) is 0 Å².